The average Bonchev–Trinajstić information content (AvgIpc) is 2.51. The molecule has 0 aliphatic heterocycles. The highest BCUT2D eigenvalue weighted by atomic mass is 19.1. The van der Waals surface area contributed by atoms with E-state index in [0.29, 0.717) is 16.9 Å². The van der Waals surface area contributed by atoms with Gasteiger partial charge in [0.25, 0.3) is 0 Å². The minimum atomic E-state index is -0.471. The third kappa shape index (κ3) is 4.07. The Morgan fingerprint density at radius 3 is 2.76 bits per heavy atom. The van der Waals surface area contributed by atoms with Crippen molar-refractivity contribution >= 4 is 0 Å². The molecule has 0 saturated heterocycles. The molecule has 0 saturated carbocycles. The Balaban J connectivity index is 2.17. The van der Waals surface area contributed by atoms with E-state index in [-0.39, 0.29) is 18.8 Å². The monoisotopic (exact) mass is 281 g/mol. The molecule has 0 aromatic heterocycles. The molecule has 1 N–H and O–H groups in total. The largest absolute Gasteiger partial charge is 0.488 e. The van der Waals surface area contributed by atoms with E-state index in [1.165, 1.54) is 12.1 Å². The molecule has 0 radical (unpaired) electrons. The lowest BCUT2D eigenvalue weighted by Gasteiger charge is -2.08. The van der Waals surface area contributed by atoms with E-state index in [1.807, 2.05) is 12.1 Å². The van der Waals surface area contributed by atoms with Gasteiger partial charge in [0.05, 0.1) is 17.2 Å². The number of hydrogen-bond acceptors (Lipinski definition) is 3. The van der Waals surface area contributed by atoms with Crippen molar-refractivity contribution in [2.45, 2.75) is 6.61 Å². The molecule has 0 heterocycles. The van der Waals surface area contributed by atoms with Crippen LogP contribution < -0.4 is 4.74 Å². The van der Waals surface area contributed by atoms with Gasteiger partial charge in [-0.15, -0.1) is 0 Å². The van der Waals surface area contributed by atoms with Gasteiger partial charge in [-0.1, -0.05) is 24.0 Å². The van der Waals surface area contributed by atoms with Gasteiger partial charge in [-0.3, -0.25) is 0 Å². The van der Waals surface area contributed by atoms with Crippen LogP contribution in [0.2, 0.25) is 0 Å². The molecule has 2 rings (SSSR count). The number of aliphatic hydroxyl groups excluding tert-OH is 1. The topological polar surface area (TPSA) is 53.2 Å². The van der Waals surface area contributed by atoms with Gasteiger partial charge in [0.2, 0.25) is 0 Å². The number of halogens is 1. The first kappa shape index (κ1) is 14.6. The Kier molecular flexibility index (Phi) is 4.93. The number of nitriles is 1. The van der Waals surface area contributed by atoms with Crippen molar-refractivity contribution in [3.63, 3.8) is 0 Å². The van der Waals surface area contributed by atoms with Crippen molar-refractivity contribution in [3.8, 4) is 23.7 Å². The third-order valence-corrected chi connectivity index (χ3v) is 2.67. The van der Waals surface area contributed by atoms with Crippen LogP contribution in [0, 0.1) is 29.0 Å². The lowest BCUT2D eigenvalue weighted by Crippen LogP contribution is -1.98. The van der Waals surface area contributed by atoms with E-state index in [0.717, 1.165) is 0 Å². The molecular formula is C17H12FNO2. The van der Waals surface area contributed by atoms with Gasteiger partial charge in [-0.2, -0.15) is 5.26 Å². The van der Waals surface area contributed by atoms with Gasteiger partial charge in [0.15, 0.2) is 0 Å². The van der Waals surface area contributed by atoms with Crippen LogP contribution in [0.4, 0.5) is 4.39 Å². The Morgan fingerprint density at radius 1 is 1.19 bits per heavy atom. The molecule has 2 aromatic carbocycles. The highest BCUT2D eigenvalue weighted by Crippen LogP contribution is 2.19. The summed E-state index contributed by atoms with van der Waals surface area (Å²) in [6.45, 7) is -0.103. The lowest BCUT2D eigenvalue weighted by molar-refractivity contribution is 0.304. The molecule has 0 aliphatic rings. The molecule has 0 atom stereocenters. The second kappa shape index (κ2) is 7.09. The second-order valence-electron chi connectivity index (χ2n) is 4.20. The number of hydrogen-bond donors (Lipinski definition) is 1. The van der Waals surface area contributed by atoms with Crippen LogP contribution in [0.25, 0.3) is 0 Å². The molecule has 104 valence electrons. The highest BCUT2D eigenvalue weighted by Gasteiger charge is 2.04. The zero-order chi connectivity index (χ0) is 15.1. The SMILES string of the molecule is N#Cc1cc(F)cc(COc2ccccc2C#CCO)c1. The molecule has 0 aliphatic carbocycles. The average molecular weight is 281 g/mol. The van der Waals surface area contributed by atoms with Gasteiger partial charge in [0.1, 0.15) is 24.8 Å². The first-order chi connectivity index (χ1) is 10.2. The number of rotatable bonds is 3. The first-order valence-corrected chi connectivity index (χ1v) is 6.24. The summed E-state index contributed by atoms with van der Waals surface area (Å²) in [5.41, 5.74) is 1.46. The molecule has 2 aromatic rings. The number of benzene rings is 2. The number of ether oxygens (including phenoxy) is 1. The summed E-state index contributed by atoms with van der Waals surface area (Å²) in [4.78, 5) is 0. The van der Waals surface area contributed by atoms with Crippen LogP contribution in [-0.2, 0) is 6.61 Å². The van der Waals surface area contributed by atoms with E-state index in [1.54, 1.807) is 24.3 Å². The molecule has 21 heavy (non-hydrogen) atoms. The van der Waals surface area contributed by atoms with Crippen molar-refractivity contribution < 1.29 is 14.2 Å². The molecule has 0 bridgehead atoms. The van der Waals surface area contributed by atoms with Crippen molar-refractivity contribution in [2.75, 3.05) is 6.61 Å². The van der Waals surface area contributed by atoms with Crippen LogP contribution in [-0.4, -0.2) is 11.7 Å². The molecule has 3 nitrogen and oxygen atoms in total. The summed E-state index contributed by atoms with van der Waals surface area (Å²) in [5.74, 6) is 5.41. The van der Waals surface area contributed by atoms with Gasteiger partial charge >= 0.3 is 0 Å². The molecule has 0 unspecified atom stereocenters. The fraction of sp³-hybridized carbons (Fsp3) is 0.118. The van der Waals surface area contributed by atoms with E-state index in [2.05, 4.69) is 11.8 Å². The van der Waals surface area contributed by atoms with Gasteiger partial charge in [0, 0.05) is 0 Å². The molecule has 4 heteroatoms. The molecular weight excluding hydrogens is 269 g/mol. The van der Waals surface area contributed by atoms with E-state index < -0.39 is 5.82 Å². The van der Waals surface area contributed by atoms with Crippen LogP contribution >= 0.6 is 0 Å². The standard InChI is InChI=1S/C17H12FNO2/c18-16-9-13(11-19)8-14(10-16)12-21-17-6-2-1-4-15(17)5-3-7-20/h1-2,4,6,8-10,20H,7,12H2. The maximum atomic E-state index is 13.3. The lowest BCUT2D eigenvalue weighted by atomic mass is 10.1. The minimum Gasteiger partial charge on any atom is -0.488 e. The molecule has 0 amide bonds. The van der Waals surface area contributed by atoms with Crippen molar-refractivity contribution in [2.24, 2.45) is 0 Å². The number of para-hydroxylation sites is 1. The van der Waals surface area contributed by atoms with Crippen molar-refractivity contribution in [3.05, 3.63) is 65.0 Å². The van der Waals surface area contributed by atoms with Crippen LogP contribution in [0.5, 0.6) is 5.75 Å². The quantitative estimate of drug-likeness (QED) is 0.880. The minimum absolute atomic E-state index is 0.129. The molecule has 0 fully saturated rings. The normalized spacial score (nSPS) is 9.38. The van der Waals surface area contributed by atoms with Crippen LogP contribution in [0.1, 0.15) is 16.7 Å². The van der Waals surface area contributed by atoms with Gasteiger partial charge in [-0.25, -0.2) is 4.39 Å². The smallest absolute Gasteiger partial charge is 0.135 e. The summed E-state index contributed by atoms with van der Waals surface area (Å²) in [7, 11) is 0. The molecule has 0 spiro atoms. The predicted molar refractivity (Wildman–Crippen MR) is 75.9 cm³/mol. The summed E-state index contributed by atoms with van der Waals surface area (Å²) < 4.78 is 18.9. The maximum Gasteiger partial charge on any atom is 0.135 e. The van der Waals surface area contributed by atoms with Gasteiger partial charge < -0.3 is 9.84 Å². The summed E-state index contributed by atoms with van der Waals surface area (Å²) >= 11 is 0. The van der Waals surface area contributed by atoms with Crippen molar-refractivity contribution in [1.82, 2.24) is 0 Å². The fourth-order valence-corrected chi connectivity index (χ4v) is 1.79. The van der Waals surface area contributed by atoms with E-state index >= 15 is 0 Å². The summed E-state index contributed by atoms with van der Waals surface area (Å²) in [5, 5.41) is 17.5. The summed E-state index contributed by atoms with van der Waals surface area (Å²) in [6, 6.07) is 13.1. The highest BCUT2D eigenvalue weighted by molar-refractivity contribution is 5.46. The second-order valence-corrected chi connectivity index (χ2v) is 4.20. The first-order valence-electron chi connectivity index (χ1n) is 6.24. The predicted octanol–water partition coefficient (Wildman–Crippen LogP) is 2.62. The third-order valence-electron chi connectivity index (χ3n) is 2.67. The number of aliphatic hydroxyl groups is 1. The van der Waals surface area contributed by atoms with Crippen molar-refractivity contribution in [1.29, 1.82) is 5.26 Å². The number of nitrogens with zero attached hydrogens (tertiary/aromatic N) is 1. The Bertz CT molecular complexity index is 738. The van der Waals surface area contributed by atoms with E-state index in [4.69, 9.17) is 15.1 Å². The Hall–Kier alpha value is -2.82. The van der Waals surface area contributed by atoms with E-state index in [9.17, 15) is 4.39 Å². The summed E-state index contributed by atoms with van der Waals surface area (Å²) in [6.07, 6.45) is 0. The van der Waals surface area contributed by atoms with Crippen LogP contribution in [0.15, 0.2) is 42.5 Å². The fourth-order valence-electron chi connectivity index (χ4n) is 1.79. The van der Waals surface area contributed by atoms with Gasteiger partial charge in [-0.05, 0) is 35.9 Å². The Morgan fingerprint density at radius 2 is 2.00 bits per heavy atom. The van der Waals surface area contributed by atoms with Crippen LogP contribution in [0.3, 0.4) is 0 Å². The maximum absolute atomic E-state index is 13.3. The Labute approximate surface area is 122 Å². The zero-order valence-corrected chi connectivity index (χ0v) is 11.1. The zero-order valence-electron chi connectivity index (χ0n) is 11.1.